The molecular weight excluding hydrogens is 254 g/mol. The quantitative estimate of drug-likeness (QED) is 0.864. The van der Waals surface area contributed by atoms with Crippen molar-refractivity contribution in [2.24, 2.45) is 10.9 Å². The number of amidine groups is 1. The first-order chi connectivity index (χ1) is 9.39. The van der Waals surface area contributed by atoms with Crippen LogP contribution in [0.2, 0.25) is 0 Å². The van der Waals surface area contributed by atoms with E-state index in [-0.39, 0.29) is 6.09 Å². The minimum absolute atomic E-state index is 0.243. The molecule has 0 spiro atoms. The highest BCUT2D eigenvalue weighted by Crippen LogP contribution is 2.34. The Hall–Kier alpha value is -1.26. The normalized spacial score (nSPS) is 26.0. The van der Waals surface area contributed by atoms with Crippen molar-refractivity contribution in [2.75, 3.05) is 19.6 Å². The molecule has 0 saturated heterocycles. The molecule has 1 N–H and O–H groups in total. The second-order valence-corrected chi connectivity index (χ2v) is 6.77. The zero-order chi connectivity index (χ0) is 14.8. The highest BCUT2D eigenvalue weighted by Gasteiger charge is 2.37. The van der Waals surface area contributed by atoms with E-state index in [1.54, 1.807) is 4.90 Å². The Bertz CT molecular complexity index is 387. The van der Waals surface area contributed by atoms with Crippen LogP contribution in [-0.4, -0.2) is 48.1 Å². The summed E-state index contributed by atoms with van der Waals surface area (Å²) in [5.41, 5.74) is -0.442. The summed E-state index contributed by atoms with van der Waals surface area (Å²) in [5.74, 6) is 1.73. The van der Waals surface area contributed by atoms with E-state index in [0.717, 1.165) is 11.8 Å². The lowest BCUT2D eigenvalue weighted by molar-refractivity contribution is 0.0276. The number of nitrogens with zero attached hydrogens (tertiary/aromatic N) is 2. The molecule has 0 aromatic rings. The van der Waals surface area contributed by atoms with Gasteiger partial charge in [-0.1, -0.05) is 13.3 Å². The number of carbonyl (C=O) groups is 1. The van der Waals surface area contributed by atoms with Crippen LogP contribution in [0, 0.1) is 5.92 Å². The van der Waals surface area contributed by atoms with Crippen LogP contribution in [0.3, 0.4) is 0 Å². The van der Waals surface area contributed by atoms with Gasteiger partial charge in [-0.25, -0.2) is 4.79 Å². The second-order valence-electron chi connectivity index (χ2n) is 6.77. The summed E-state index contributed by atoms with van der Waals surface area (Å²) in [4.78, 5) is 18.3. The van der Waals surface area contributed by atoms with Crippen molar-refractivity contribution in [3.8, 4) is 0 Å². The van der Waals surface area contributed by atoms with Crippen LogP contribution in [0.15, 0.2) is 4.99 Å². The number of rotatable bonds is 3. The van der Waals surface area contributed by atoms with Crippen molar-refractivity contribution >= 4 is 11.9 Å². The van der Waals surface area contributed by atoms with Crippen molar-refractivity contribution in [1.82, 2.24) is 10.2 Å². The van der Waals surface area contributed by atoms with Gasteiger partial charge >= 0.3 is 6.09 Å². The first-order valence-electron chi connectivity index (χ1n) is 7.67. The van der Waals surface area contributed by atoms with E-state index in [2.05, 4.69) is 17.2 Å². The van der Waals surface area contributed by atoms with E-state index in [4.69, 9.17) is 4.74 Å². The molecule has 0 bridgehead atoms. The van der Waals surface area contributed by atoms with Crippen molar-refractivity contribution in [1.29, 1.82) is 0 Å². The topological polar surface area (TPSA) is 53.9 Å². The van der Waals surface area contributed by atoms with Gasteiger partial charge in [0.2, 0.25) is 0 Å². The highest BCUT2D eigenvalue weighted by molar-refractivity contribution is 5.88. The zero-order valence-electron chi connectivity index (χ0n) is 13.1. The lowest BCUT2D eigenvalue weighted by Crippen LogP contribution is -2.47. The van der Waals surface area contributed by atoms with Gasteiger partial charge in [0.05, 0.1) is 13.1 Å². The van der Waals surface area contributed by atoms with Gasteiger partial charge in [-0.15, -0.1) is 0 Å². The molecule has 2 rings (SSSR count). The maximum absolute atomic E-state index is 12.0. The Morgan fingerprint density at radius 2 is 2.25 bits per heavy atom. The van der Waals surface area contributed by atoms with Crippen molar-refractivity contribution in [3.63, 3.8) is 0 Å². The molecule has 2 unspecified atom stereocenters. The SMILES string of the molecule is CCCC1CC1NC1=NCCN(C(=O)OC(C)(C)C)C1. The van der Waals surface area contributed by atoms with Gasteiger partial charge in [0.15, 0.2) is 0 Å². The summed E-state index contributed by atoms with van der Waals surface area (Å²) in [5, 5.41) is 3.48. The van der Waals surface area contributed by atoms with Crippen LogP contribution in [0.1, 0.15) is 47.0 Å². The predicted octanol–water partition coefficient (Wildman–Crippen LogP) is 2.41. The van der Waals surface area contributed by atoms with Gasteiger partial charge in [-0.2, -0.15) is 0 Å². The molecule has 0 aromatic carbocycles. The first kappa shape index (κ1) is 15.1. The van der Waals surface area contributed by atoms with E-state index < -0.39 is 5.60 Å². The Morgan fingerprint density at radius 1 is 1.50 bits per heavy atom. The monoisotopic (exact) mass is 281 g/mol. The number of nitrogens with one attached hydrogen (secondary N) is 1. The predicted molar refractivity (Wildman–Crippen MR) is 80.0 cm³/mol. The maximum Gasteiger partial charge on any atom is 0.410 e. The van der Waals surface area contributed by atoms with E-state index in [1.807, 2.05) is 20.8 Å². The first-order valence-corrected chi connectivity index (χ1v) is 7.67. The summed E-state index contributed by atoms with van der Waals surface area (Å²) in [6.45, 7) is 9.74. The molecule has 5 heteroatoms. The van der Waals surface area contributed by atoms with Gasteiger partial charge in [-0.3, -0.25) is 9.89 Å². The van der Waals surface area contributed by atoms with Gasteiger partial charge in [-0.05, 0) is 39.5 Å². The van der Waals surface area contributed by atoms with Gasteiger partial charge in [0.1, 0.15) is 11.4 Å². The molecule has 0 radical (unpaired) electrons. The van der Waals surface area contributed by atoms with Gasteiger partial charge in [0.25, 0.3) is 0 Å². The number of hydrogen-bond acceptors (Lipinski definition) is 4. The standard InChI is InChI=1S/C15H27N3O2/c1-5-6-11-9-12(11)17-13-10-18(8-7-16-13)14(19)20-15(2,3)4/h11-12H,5-10H2,1-4H3,(H,16,17). The molecule has 1 heterocycles. The molecule has 114 valence electrons. The summed E-state index contributed by atoms with van der Waals surface area (Å²) >= 11 is 0. The Balaban J connectivity index is 1.80. The Kier molecular flexibility index (Phi) is 4.55. The van der Waals surface area contributed by atoms with Crippen LogP contribution < -0.4 is 5.32 Å². The molecule has 20 heavy (non-hydrogen) atoms. The summed E-state index contributed by atoms with van der Waals surface area (Å²) < 4.78 is 5.41. The average molecular weight is 281 g/mol. The number of hydrogen-bond donors (Lipinski definition) is 1. The van der Waals surface area contributed by atoms with Crippen LogP contribution in [0.5, 0.6) is 0 Å². The van der Waals surface area contributed by atoms with Crippen LogP contribution >= 0.6 is 0 Å². The van der Waals surface area contributed by atoms with E-state index in [9.17, 15) is 4.79 Å². The van der Waals surface area contributed by atoms with Crippen LogP contribution in [0.25, 0.3) is 0 Å². The summed E-state index contributed by atoms with van der Waals surface area (Å²) in [6.07, 6.45) is 3.51. The number of carbonyl (C=O) groups excluding carboxylic acids is 1. The van der Waals surface area contributed by atoms with Crippen molar-refractivity contribution < 1.29 is 9.53 Å². The zero-order valence-corrected chi connectivity index (χ0v) is 13.1. The molecule has 1 fully saturated rings. The lowest BCUT2D eigenvalue weighted by Gasteiger charge is -2.30. The third kappa shape index (κ3) is 4.39. The molecular formula is C15H27N3O2. The smallest absolute Gasteiger partial charge is 0.410 e. The van der Waals surface area contributed by atoms with Gasteiger partial charge < -0.3 is 10.1 Å². The molecule has 1 aliphatic heterocycles. The fourth-order valence-corrected chi connectivity index (χ4v) is 2.52. The number of amides is 1. The largest absolute Gasteiger partial charge is 0.444 e. The minimum Gasteiger partial charge on any atom is -0.444 e. The fraction of sp³-hybridized carbons (Fsp3) is 0.867. The van der Waals surface area contributed by atoms with Crippen LogP contribution in [-0.2, 0) is 4.74 Å². The molecule has 1 aliphatic carbocycles. The van der Waals surface area contributed by atoms with Crippen molar-refractivity contribution in [3.05, 3.63) is 0 Å². The summed E-state index contributed by atoms with van der Waals surface area (Å²) in [7, 11) is 0. The minimum atomic E-state index is -0.442. The molecule has 2 aliphatic rings. The Morgan fingerprint density at radius 3 is 2.90 bits per heavy atom. The number of ether oxygens (including phenoxy) is 1. The lowest BCUT2D eigenvalue weighted by atomic mass is 10.2. The molecule has 2 atom stereocenters. The van der Waals surface area contributed by atoms with Crippen LogP contribution in [0.4, 0.5) is 4.79 Å². The van der Waals surface area contributed by atoms with Crippen molar-refractivity contribution in [2.45, 2.75) is 58.6 Å². The third-order valence-electron chi connectivity index (χ3n) is 3.60. The van der Waals surface area contributed by atoms with E-state index in [0.29, 0.717) is 25.7 Å². The number of aliphatic imine (C=N–C) groups is 1. The fourth-order valence-electron chi connectivity index (χ4n) is 2.52. The van der Waals surface area contributed by atoms with Gasteiger partial charge in [0, 0.05) is 12.6 Å². The van der Waals surface area contributed by atoms with E-state index in [1.165, 1.54) is 19.3 Å². The second kappa shape index (κ2) is 6.02. The van der Waals surface area contributed by atoms with E-state index >= 15 is 0 Å². The third-order valence-corrected chi connectivity index (χ3v) is 3.60. The summed E-state index contributed by atoms with van der Waals surface area (Å²) in [6, 6.07) is 0.562. The molecule has 5 nitrogen and oxygen atoms in total. The maximum atomic E-state index is 12.0. The molecule has 1 saturated carbocycles. The highest BCUT2D eigenvalue weighted by atomic mass is 16.6. The Labute approximate surface area is 121 Å². The molecule has 0 aromatic heterocycles. The molecule has 1 amide bonds. The average Bonchev–Trinajstić information content (AvgIpc) is 3.06.